The van der Waals surface area contributed by atoms with Crippen LogP contribution in [0.4, 0.5) is 14.9 Å². The Balaban J connectivity index is 1.48. The maximum atomic E-state index is 14.2. The predicted octanol–water partition coefficient (Wildman–Crippen LogP) is 6.81. The summed E-state index contributed by atoms with van der Waals surface area (Å²) in [4.78, 5) is 38.9. The molecule has 7 nitrogen and oxygen atoms in total. The maximum absolute atomic E-state index is 14.2. The van der Waals surface area contributed by atoms with E-state index >= 15 is 0 Å². The van der Waals surface area contributed by atoms with Crippen LogP contribution in [0, 0.1) is 12.7 Å². The average Bonchev–Trinajstić information content (AvgIpc) is 3.12. The second-order valence-corrected chi connectivity index (χ2v) is 10.5. The molecule has 1 saturated heterocycles. The SMILES string of the molecule is COc1cc(/C=C2\SC(=O)N(Cc3c(F)cccc3Cl)C2=O)cc(Br)c1OCC(=O)Nc1cccc(C)c1. The van der Waals surface area contributed by atoms with Crippen LogP contribution in [0.3, 0.4) is 0 Å². The maximum Gasteiger partial charge on any atom is 0.293 e. The van der Waals surface area contributed by atoms with Gasteiger partial charge in [0.1, 0.15) is 5.82 Å². The minimum atomic E-state index is -0.600. The molecule has 1 heterocycles. The Morgan fingerprint density at radius 2 is 1.95 bits per heavy atom. The van der Waals surface area contributed by atoms with Gasteiger partial charge in [0.05, 0.1) is 23.0 Å². The van der Waals surface area contributed by atoms with Crippen LogP contribution in [0.25, 0.3) is 6.08 Å². The molecule has 0 unspecified atom stereocenters. The first-order valence-corrected chi connectivity index (χ1v) is 13.2. The molecule has 1 N–H and O–H groups in total. The van der Waals surface area contributed by atoms with Gasteiger partial charge < -0.3 is 14.8 Å². The molecular weight excluding hydrogens is 599 g/mol. The van der Waals surface area contributed by atoms with E-state index in [-0.39, 0.29) is 34.6 Å². The van der Waals surface area contributed by atoms with Crippen molar-refractivity contribution in [2.24, 2.45) is 0 Å². The highest BCUT2D eigenvalue weighted by molar-refractivity contribution is 9.10. The molecule has 4 rings (SSSR count). The van der Waals surface area contributed by atoms with E-state index in [0.717, 1.165) is 22.2 Å². The molecular formula is C27H21BrClFN2O5S. The highest BCUT2D eigenvalue weighted by atomic mass is 79.9. The highest BCUT2D eigenvalue weighted by Gasteiger charge is 2.36. The number of hydrogen-bond acceptors (Lipinski definition) is 6. The number of aryl methyl sites for hydroxylation is 1. The number of carbonyl (C=O) groups excluding carboxylic acids is 3. The largest absolute Gasteiger partial charge is 0.493 e. The lowest BCUT2D eigenvalue weighted by Gasteiger charge is -2.14. The molecule has 1 fully saturated rings. The first-order chi connectivity index (χ1) is 18.2. The third-order valence-electron chi connectivity index (χ3n) is 5.45. The number of thioether (sulfide) groups is 1. The number of imide groups is 1. The lowest BCUT2D eigenvalue weighted by molar-refractivity contribution is -0.123. The van der Waals surface area contributed by atoms with Crippen molar-refractivity contribution in [2.45, 2.75) is 13.5 Å². The monoisotopic (exact) mass is 618 g/mol. The summed E-state index contributed by atoms with van der Waals surface area (Å²) in [5.74, 6) is -0.908. The Bertz CT molecular complexity index is 1450. The second-order valence-electron chi connectivity index (χ2n) is 8.21. The van der Waals surface area contributed by atoms with Gasteiger partial charge in [0.2, 0.25) is 0 Å². The Morgan fingerprint density at radius 1 is 1.18 bits per heavy atom. The third-order valence-corrected chi connectivity index (χ3v) is 7.30. The van der Waals surface area contributed by atoms with Crippen LogP contribution in [-0.2, 0) is 16.1 Å². The number of rotatable bonds is 8. The molecule has 38 heavy (non-hydrogen) atoms. The summed E-state index contributed by atoms with van der Waals surface area (Å²) in [5.41, 5.74) is 2.28. The number of nitrogens with one attached hydrogen (secondary N) is 1. The second kappa shape index (κ2) is 12.0. The molecule has 0 radical (unpaired) electrons. The minimum absolute atomic E-state index is 0.0649. The van der Waals surface area contributed by atoms with Gasteiger partial charge in [-0.15, -0.1) is 0 Å². The van der Waals surface area contributed by atoms with Crippen molar-refractivity contribution in [2.75, 3.05) is 19.0 Å². The van der Waals surface area contributed by atoms with Crippen LogP contribution in [0.15, 0.2) is 64.0 Å². The van der Waals surface area contributed by atoms with Gasteiger partial charge in [-0.3, -0.25) is 19.3 Å². The van der Waals surface area contributed by atoms with Crippen molar-refractivity contribution in [3.05, 3.63) is 91.5 Å². The number of halogens is 3. The van der Waals surface area contributed by atoms with Gasteiger partial charge in [-0.05, 0) is 88.2 Å². The number of benzene rings is 3. The molecule has 3 aromatic rings. The van der Waals surface area contributed by atoms with Crippen LogP contribution in [-0.4, -0.2) is 35.7 Å². The molecule has 1 aliphatic heterocycles. The van der Waals surface area contributed by atoms with E-state index in [1.54, 1.807) is 18.2 Å². The van der Waals surface area contributed by atoms with E-state index in [0.29, 0.717) is 27.2 Å². The van der Waals surface area contributed by atoms with Crippen molar-refractivity contribution in [3.63, 3.8) is 0 Å². The van der Waals surface area contributed by atoms with Crippen LogP contribution in [0.1, 0.15) is 16.7 Å². The number of amides is 3. The minimum Gasteiger partial charge on any atom is -0.493 e. The van der Waals surface area contributed by atoms with Gasteiger partial charge in [0, 0.05) is 16.3 Å². The lowest BCUT2D eigenvalue weighted by Crippen LogP contribution is -2.28. The molecule has 0 bridgehead atoms. The van der Waals surface area contributed by atoms with Gasteiger partial charge in [0.15, 0.2) is 18.1 Å². The van der Waals surface area contributed by atoms with Crippen molar-refractivity contribution < 1.29 is 28.2 Å². The summed E-state index contributed by atoms with van der Waals surface area (Å²) in [6.45, 7) is 1.38. The first-order valence-electron chi connectivity index (χ1n) is 11.2. The summed E-state index contributed by atoms with van der Waals surface area (Å²) >= 11 is 10.2. The number of carbonyl (C=O) groups is 3. The summed E-state index contributed by atoms with van der Waals surface area (Å²) in [7, 11) is 1.44. The number of methoxy groups -OCH3 is 1. The molecule has 0 saturated carbocycles. The molecule has 3 amide bonds. The summed E-state index contributed by atoms with van der Waals surface area (Å²) in [5, 5.41) is 2.36. The Morgan fingerprint density at radius 3 is 2.66 bits per heavy atom. The first kappa shape index (κ1) is 27.7. The Hall–Kier alpha value is -3.34. The predicted molar refractivity (Wildman–Crippen MR) is 149 cm³/mol. The summed E-state index contributed by atoms with van der Waals surface area (Å²) in [6.07, 6.45) is 1.52. The fourth-order valence-electron chi connectivity index (χ4n) is 3.65. The fraction of sp³-hybridized carbons (Fsp3) is 0.148. The van der Waals surface area contributed by atoms with Crippen molar-refractivity contribution in [1.29, 1.82) is 0 Å². The molecule has 0 atom stereocenters. The lowest BCUT2D eigenvalue weighted by atomic mass is 10.1. The number of anilines is 1. The Labute approximate surface area is 236 Å². The Kier molecular flexibility index (Phi) is 8.76. The van der Waals surface area contributed by atoms with Crippen LogP contribution >= 0.6 is 39.3 Å². The quantitative estimate of drug-likeness (QED) is 0.279. The van der Waals surface area contributed by atoms with Crippen molar-refractivity contribution >= 4 is 68.1 Å². The summed E-state index contributed by atoms with van der Waals surface area (Å²) in [6, 6.07) is 14.8. The zero-order valence-electron chi connectivity index (χ0n) is 20.2. The van der Waals surface area contributed by atoms with Gasteiger partial charge >= 0.3 is 0 Å². The van der Waals surface area contributed by atoms with Crippen LogP contribution < -0.4 is 14.8 Å². The highest BCUT2D eigenvalue weighted by Crippen LogP contribution is 2.39. The zero-order valence-corrected chi connectivity index (χ0v) is 23.4. The van der Waals surface area contributed by atoms with Gasteiger partial charge in [-0.2, -0.15) is 0 Å². The van der Waals surface area contributed by atoms with E-state index in [9.17, 15) is 18.8 Å². The molecule has 3 aromatic carbocycles. The zero-order chi connectivity index (χ0) is 27.4. The van der Waals surface area contributed by atoms with Gasteiger partial charge in [-0.25, -0.2) is 4.39 Å². The van der Waals surface area contributed by atoms with Crippen LogP contribution in [0.2, 0.25) is 5.02 Å². The van der Waals surface area contributed by atoms with Crippen molar-refractivity contribution in [3.8, 4) is 11.5 Å². The third kappa shape index (κ3) is 6.38. The van der Waals surface area contributed by atoms with Gasteiger partial charge in [-0.1, -0.05) is 29.8 Å². The standard InChI is InChI=1S/C27H21BrClFN2O5S/c1-15-5-3-6-17(9-15)31-24(33)14-37-25-19(28)10-16(11-22(25)36-2)12-23-26(34)32(27(35)38-23)13-18-20(29)7-4-8-21(18)30/h3-12H,13-14H2,1-2H3,(H,31,33)/b23-12-. The van der Waals surface area contributed by atoms with E-state index in [2.05, 4.69) is 21.2 Å². The van der Waals surface area contributed by atoms with Gasteiger partial charge in [0.25, 0.3) is 17.1 Å². The molecule has 0 aromatic heterocycles. The molecule has 11 heteroatoms. The number of ether oxygens (including phenoxy) is 2. The molecule has 0 aliphatic carbocycles. The molecule has 1 aliphatic rings. The fourth-order valence-corrected chi connectivity index (χ4v) is 5.29. The van der Waals surface area contributed by atoms with E-state index in [1.165, 1.54) is 31.4 Å². The number of hydrogen-bond donors (Lipinski definition) is 1. The molecule has 196 valence electrons. The molecule has 0 spiro atoms. The number of nitrogens with zero attached hydrogens (tertiary/aromatic N) is 1. The topological polar surface area (TPSA) is 84.9 Å². The van der Waals surface area contributed by atoms with E-state index < -0.39 is 17.0 Å². The van der Waals surface area contributed by atoms with Crippen molar-refractivity contribution in [1.82, 2.24) is 4.90 Å². The van der Waals surface area contributed by atoms with E-state index in [1.807, 2.05) is 25.1 Å². The van der Waals surface area contributed by atoms with E-state index in [4.69, 9.17) is 21.1 Å². The van der Waals surface area contributed by atoms with Crippen LogP contribution in [0.5, 0.6) is 11.5 Å². The summed E-state index contributed by atoms with van der Waals surface area (Å²) < 4.78 is 25.8. The normalized spacial score (nSPS) is 14.2. The average molecular weight is 620 g/mol. The smallest absolute Gasteiger partial charge is 0.293 e.